The molecule has 1 aliphatic carbocycles. The third kappa shape index (κ3) is 4.04. The fourth-order valence-electron chi connectivity index (χ4n) is 3.27. The minimum absolute atomic E-state index is 0.00271. The third-order valence-electron chi connectivity index (χ3n) is 5.03. The molecule has 1 aromatic heterocycles. The van der Waals surface area contributed by atoms with E-state index in [0.717, 1.165) is 29.8 Å². The number of hydrogen-bond donors (Lipinski definition) is 1. The molecule has 1 fully saturated rings. The zero-order chi connectivity index (χ0) is 19.0. The van der Waals surface area contributed by atoms with Crippen LogP contribution in [0.4, 0.5) is 9.52 Å². The Labute approximate surface area is 161 Å². The van der Waals surface area contributed by atoms with Gasteiger partial charge in [-0.15, -0.1) is 11.3 Å². The normalized spacial score (nSPS) is 18.0. The number of nitrogens with one attached hydrogen (secondary N) is 1. The maximum atomic E-state index is 13.3. The van der Waals surface area contributed by atoms with E-state index >= 15 is 0 Å². The van der Waals surface area contributed by atoms with Crippen LogP contribution in [0.5, 0.6) is 0 Å². The van der Waals surface area contributed by atoms with E-state index in [1.807, 2.05) is 0 Å². The number of nitrogens with zero attached hydrogens (tertiary/aromatic N) is 2. The highest BCUT2D eigenvalue weighted by Crippen LogP contribution is 2.32. The van der Waals surface area contributed by atoms with Crippen molar-refractivity contribution in [3.05, 3.63) is 46.2 Å². The summed E-state index contributed by atoms with van der Waals surface area (Å²) in [5.41, 5.74) is 1.28. The number of hydrogen-bond acceptors (Lipinski definition) is 5. The lowest BCUT2D eigenvalue weighted by Gasteiger charge is -2.25. The van der Waals surface area contributed by atoms with Crippen molar-refractivity contribution < 1.29 is 17.6 Å². The van der Waals surface area contributed by atoms with Crippen molar-refractivity contribution in [2.75, 3.05) is 11.9 Å². The van der Waals surface area contributed by atoms with Crippen LogP contribution in [0.3, 0.4) is 0 Å². The van der Waals surface area contributed by atoms with Gasteiger partial charge in [-0.25, -0.2) is 17.8 Å². The van der Waals surface area contributed by atoms with E-state index in [-0.39, 0.29) is 24.1 Å². The highest BCUT2D eigenvalue weighted by Gasteiger charge is 2.30. The lowest BCUT2D eigenvalue weighted by atomic mass is 9.85. The Morgan fingerprint density at radius 3 is 2.89 bits per heavy atom. The van der Waals surface area contributed by atoms with Crippen molar-refractivity contribution in [3.63, 3.8) is 0 Å². The zero-order valence-electron chi connectivity index (χ0n) is 14.7. The van der Waals surface area contributed by atoms with Gasteiger partial charge >= 0.3 is 0 Å². The van der Waals surface area contributed by atoms with Gasteiger partial charge in [-0.05, 0) is 30.5 Å². The maximum Gasteiger partial charge on any atom is 0.229 e. The molecule has 0 radical (unpaired) electrons. The van der Waals surface area contributed by atoms with E-state index in [9.17, 15) is 17.6 Å². The number of carbonyl (C=O) groups is 1. The van der Waals surface area contributed by atoms with Crippen molar-refractivity contribution in [2.24, 2.45) is 5.92 Å². The molecule has 2 heterocycles. The lowest BCUT2D eigenvalue weighted by molar-refractivity contribution is -0.122. The van der Waals surface area contributed by atoms with Crippen LogP contribution in [0.1, 0.15) is 35.4 Å². The number of sulfonamides is 1. The first kappa shape index (κ1) is 18.5. The first-order chi connectivity index (χ1) is 12.9. The molecule has 0 spiro atoms. The van der Waals surface area contributed by atoms with Gasteiger partial charge in [0.1, 0.15) is 5.82 Å². The number of fused-ring (bicyclic) bond motifs is 1. The first-order valence-electron chi connectivity index (χ1n) is 8.92. The van der Waals surface area contributed by atoms with Crippen molar-refractivity contribution in [3.8, 4) is 0 Å². The van der Waals surface area contributed by atoms with Gasteiger partial charge in [0, 0.05) is 30.3 Å². The highest BCUT2D eigenvalue weighted by molar-refractivity contribution is 7.88. The lowest BCUT2D eigenvalue weighted by Crippen LogP contribution is -2.36. The molecule has 0 unspecified atom stereocenters. The summed E-state index contributed by atoms with van der Waals surface area (Å²) in [6.45, 7) is 0.578. The van der Waals surface area contributed by atoms with Gasteiger partial charge in [0.2, 0.25) is 15.9 Å². The Hall–Kier alpha value is -1.84. The van der Waals surface area contributed by atoms with Crippen molar-refractivity contribution in [1.82, 2.24) is 9.29 Å². The maximum absolute atomic E-state index is 13.3. The number of thiazole rings is 1. The van der Waals surface area contributed by atoms with Crippen LogP contribution in [0.15, 0.2) is 24.3 Å². The van der Waals surface area contributed by atoms with E-state index in [4.69, 9.17) is 0 Å². The topological polar surface area (TPSA) is 79.4 Å². The Morgan fingerprint density at radius 2 is 2.19 bits per heavy atom. The molecular weight excluding hydrogens is 389 g/mol. The van der Waals surface area contributed by atoms with Gasteiger partial charge in [-0.1, -0.05) is 18.6 Å². The standard InChI is InChI=1S/C18H20FN3O3S2/c19-14-6-1-3-12(9-14)11-27(24,25)22-8-7-15-16(10-22)26-18(20-15)21-17(23)13-4-2-5-13/h1,3,6,9,13H,2,4-5,7-8,10-11H2,(H,20,21,23). The summed E-state index contributed by atoms with van der Waals surface area (Å²) >= 11 is 1.34. The molecule has 27 heavy (non-hydrogen) atoms. The van der Waals surface area contributed by atoms with Gasteiger partial charge in [-0.2, -0.15) is 4.31 Å². The fraction of sp³-hybridized carbons (Fsp3) is 0.444. The summed E-state index contributed by atoms with van der Waals surface area (Å²) in [5.74, 6) is -0.598. The van der Waals surface area contributed by atoms with Crippen LogP contribution in [0.25, 0.3) is 0 Å². The van der Waals surface area contributed by atoms with Crippen LogP contribution >= 0.6 is 11.3 Å². The number of aromatic nitrogens is 1. The molecule has 0 bridgehead atoms. The molecule has 1 aromatic carbocycles. The molecular formula is C18H20FN3O3S2. The Balaban J connectivity index is 1.45. The SMILES string of the molecule is O=C(Nc1nc2c(s1)CN(S(=O)(=O)Cc1cccc(F)c1)CC2)C1CCC1. The molecule has 1 amide bonds. The molecule has 1 aliphatic heterocycles. The molecule has 0 atom stereocenters. The highest BCUT2D eigenvalue weighted by atomic mass is 32.2. The van der Waals surface area contributed by atoms with E-state index in [0.29, 0.717) is 23.7 Å². The number of amides is 1. The van der Waals surface area contributed by atoms with Gasteiger partial charge < -0.3 is 5.32 Å². The fourth-order valence-corrected chi connectivity index (χ4v) is 5.86. The summed E-state index contributed by atoms with van der Waals surface area (Å²) < 4.78 is 40.2. The van der Waals surface area contributed by atoms with Crippen LogP contribution in [-0.2, 0) is 33.5 Å². The van der Waals surface area contributed by atoms with E-state index < -0.39 is 15.8 Å². The largest absolute Gasteiger partial charge is 0.302 e. The van der Waals surface area contributed by atoms with Gasteiger partial charge in [0.25, 0.3) is 0 Å². The van der Waals surface area contributed by atoms with E-state index in [2.05, 4.69) is 10.3 Å². The number of benzene rings is 1. The van der Waals surface area contributed by atoms with Crippen molar-refractivity contribution in [1.29, 1.82) is 0 Å². The van der Waals surface area contributed by atoms with Gasteiger partial charge in [0.15, 0.2) is 5.13 Å². The van der Waals surface area contributed by atoms with E-state index in [1.165, 1.54) is 33.8 Å². The Morgan fingerprint density at radius 1 is 1.37 bits per heavy atom. The monoisotopic (exact) mass is 409 g/mol. The van der Waals surface area contributed by atoms with Crippen LogP contribution in [0.2, 0.25) is 0 Å². The molecule has 2 aromatic rings. The van der Waals surface area contributed by atoms with Crippen LogP contribution < -0.4 is 5.32 Å². The van der Waals surface area contributed by atoms with Gasteiger partial charge in [-0.3, -0.25) is 4.79 Å². The Kier molecular flexibility index (Phi) is 5.00. The molecule has 4 rings (SSSR count). The zero-order valence-corrected chi connectivity index (χ0v) is 16.3. The predicted molar refractivity (Wildman–Crippen MR) is 101 cm³/mol. The Bertz CT molecular complexity index is 970. The summed E-state index contributed by atoms with van der Waals surface area (Å²) in [4.78, 5) is 17.4. The van der Waals surface area contributed by atoms with Crippen molar-refractivity contribution >= 4 is 32.4 Å². The van der Waals surface area contributed by atoms with E-state index in [1.54, 1.807) is 6.07 Å². The number of carbonyl (C=O) groups excluding carboxylic acids is 1. The molecule has 9 heteroatoms. The summed E-state index contributed by atoms with van der Waals surface area (Å²) in [6.07, 6.45) is 3.43. The predicted octanol–water partition coefficient (Wildman–Crippen LogP) is 2.91. The molecule has 0 saturated heterocycles. The number of rotatable bonds is 5. The molecule has 1 N–H and O–H groups in total. The average Bonchev–Trinajstić information content (AvgIpc) is 2.93. The van der Waals surface area contributed by atoms with Gasteiger partial charge in [0.05, 0.1) is 11.4 Å². The molecule has 2 aliphatic rings. The second-order valence-corrected chi connectivity index (χ2v) is 10.0. The third-order valence-corrected chi connectivity index (χ3v) is 7.83. The summed E-state index contributed by atoms with van der Waals surface area (Å²) in [7, 11) is -3.56. The molecule has 144 valence electrons. The minimum atomic E-state index is -3.56. The molecule has 6 nitrogen and oxygen atoms in total. The number of halogens is 1. The quantitative estimate of drug-likeness (QED) is 0.824. The molecule has 1 saturated carbocycles. The van der Waals surface area contributed by atoms with Crippen LogP contribution in [-0.4, -0.2) is 30.2 Å². The summed E-state index contributed by atoms with van der Waals surface area (Å²) in [5, 5.41) is 3.40. The second-order valence-electron chi connectivity index (χ2n) is 6.98. The number of anilines is 1. The van der Waals surface area contributed by atoms with Crippen LogP contribution in [0, 0.1) is 11.7 Å². The van der Waals surface area contributed by atoms with Crippen molar-refractivity contribution in [2.45, 2.75) is 38.0 Å². The minimum Gasteiger partial charge on any atom is -0.302 e. The summed E-state index contributed by atoms with van der Waals surface area (Å²) in [6, 6.07) is 5.65. The second kappa shape index (κ2) is 7.29. The first-order valence-corrected chi connectivity index (χ1v) is 11.3. The smallest absolute Gasteiger partial charge is 0.229 e. The average molecular weight is 410 g/mol.